The number of nitrogens with one attached hydrogen (secondary N) is 1. The summed E-state index contributed by atoms with van der Waals surface area (Å²) >= 11 is 0. The zero-order chi connectivity index (χ0) is 28.2. The number of aliphatic carboxylic acids is 1. The SMILES string of the molecule is CCCC1=CCC(c2ccccc2)(c2ncc(OCCCn3ccc4c(OC(C)(C)C(=O)O)cccc43)[nH]2)C=C1. The Hall–Kier alpha value is -4.26. The Bertz CT molecular complexity index is 1530. The summed E-state index contributed by atoms with van der Waals surface area (Å²) < 4.78 is 14.0. The minimum Gasteiger partial charge on any atom is -0.478 e. The van der Waals surface area contributed by atoms with Crippen molar-refractivity contribution in [2.75, 3.05) is 6.61 Å². The Morgan fingerprint density at radius 1 is 1.15 bits per heavy atom. The smallest absolute Gasteiger partial charge is 0.347 e. The number of fused-ring (bicyclic) bond motifs is 1. The average Bonchev–Trinajstić information content (AvgIpc) is 3.60. The second-order valence-corrected chi connectivity index (χ2v) is 10.8. The number of ether oxygens (including phenoxy) is 2. The maximum atomic E-state index is 11.5. The molecule has 0 fully saturated rings. The number of H-pyrrole nitrogens is 1. The molecular formula is C33H37N3O4. The van der Waals surface area contributed by atoms with E-state index in [-0.39, 0.29) is 5.41 Å². The molecule has 0 radical (unpaired) electrons. The maximum absolute atomic E-state index is 11.5. The second-order valence-electron chi connectivity index (χ2n) is 10.8. The first-order valence-electron chi connectivity index (χ1n) is 13.9. The number of aromatic amines is 1. The fraction of sp³-hybridized carbons (Fsp3) is 0.333. The molecule has 0 amide bonds. The molecule has 2 heterocycles. The number of nitrogens with zero attached hydrogens (tertiary/aromatic N) is 2. The van der Waals surface area contributed by atoms with Gasteiger partial charge in [0.2, 0.25) is 5.88 Å². The van der Waals surface area contributed by atoms with E-state index in [9.17, 15) is 9.90 Å². The number of carboxylic acid groups (broad SMARTS) is 1. The molecule has 7 nitrogen and oxygen atoms in total. The molecule has 0 spiro atoms. The van der Waals surface area contributed by atoms with Crippen LogP contribution in [0.5, 0.6) is 11.6 Å². The Morgan fingerprint density at radius 3 is 2.70 bits per heavy atom. The van der Waals surface area contributed by atoms with Crippen LogP contribution in [0.4, 0.5) is 0 Å². The Labute approximate surface area is 235 Å². The summed E-state index contributed by atoms with van der Waals surface area (Å²) in [5.74, 6) is 1.09. The van der Waals surface area contributed by atoms with E-state index in [1.165, 1.54) is 11.1 Å². The molecular weight excluding hydrogens is 502 g/mol. The third-order valence-electron chi connectivity index (χ3n) is 7.53. The first-order chi connectivity index (χ1) is 19.3. The van der Waals surface area contributed by atoms with E-state index in [0.29, 0.717) is 18.2 Å². The minimum atomic E-state index is -1.31. The van der Waals surface area contributed by atoms with Crippen molar-refractivity contribution in [1.82, 2.24) is 14.5 Å². The molecule has 7 heteroatoms. The van der Waals surface area contributed by atoms with Crippen LogP contribution in [0.3, 0.4) is 0 Å². The maximum Gasteiger partial charge on any atom is 0.347 e. The third kappa shape index (κ3) is 5.55. The topological polar surface area (TPSA) is 89.4 Å². The molecule has 2 aromatic carbocycles. The Balaban J connectivity index is 1.24. The Kier molecular flexibility index (Phi) is 7.83. The summed E-state index contributed by atoms with van der Waals surface area (Å²) in [5, 5.41) is 10.3. The lowest BCUT2D eigenvalue weighted by Crippen LogP contribution is -2.37. The monoisotopic (exact) mass is 539 g/mol. The molecule has 0 aliphatic heterocycles. The van der Waals surface area contributed by atoms with Gasteiger partial charge in [0.25, 0.3) is 0 Å². The molecule has 4 aromatic rings. The first kappa shape index (κ1) is 27.3. The quantitative estimate of drug-likeness (QED) is 0.188. The lowest BCUT2D eigenvalue weighted by Gasteiger charge is -2.31. The van der Waals surface area contributed by atoms with Gasteiger partial charge in [0.15, 0.2) is 5.60 Å². The number of hydrogen-bond acceptors (Lipinski definition) is 4. The van der Waals surface area contributed by atoms with Crippen molar-refractivity contribution < 1.29 is 19.4 Å². The van der Waals surface area contributed by atoms with Crippen molar-refractivity contribution >= 4 is 16.9 Å². The number of aryl methyl sites for hydroxylation is 1. The fourth-order valence-electron chi connectivity index (χ4n) is 5.23. The summed E-state index contributed by atoms with van der Waals surface area (Å²) in [4.78, 5) is 19.7. The first-order valence-corrected chi connectivity index (χ1v) is 13.9. The van der Waals surface area contributed by atoms with Gasteiger partial charge in [-0.2, -0.15) is 0 Å². The molecule has 0 saturated heterocycles. The largest absolute Gasteiger partial charge is 0.478 e. The fourth-order valence-corrected chi connectivity index (χ4v) is 5.23. The highest BCUT2D eigenvalue weighted by Gasteiger charge is 2.35. The summed E-state index contributed by atoms with van der Waals surface area (Å²) in [7, 11) is 0. The van der Waals surface area contributed by atoms with Crippen molar-refractivity contribution in [3.05, 3.63) is 102 Å². The van der Waals surface area contributed by atoms with Crippen LogP contribution >= 0.6 is 0 Å². The summed E-state index contributed by atoms with van der Waals surface area (Å²) in [5.41, 5.74) is 1.91. The molecule has 1 atom stereocenters. The zero-order valence-corrected chi connectivity index (χ0v) is 23.4. The predicted molar refractivity (Wildman–Crippen MR) is 157 cm³/mol. The number of allylic oxidation sites excluding steroid dienone is 4. The van der Waals surface area contributed by atoms with Gasteiger partial charge in [0, 0.05) is 18.1 Å². The van der Waals surface area contributed by atoms with Crippen LogP contribution in [0, 0.1) is 0 Å². The van der Waals surface area contributed by atoms with E-state index >= 15 is 0 Å². The molecule has 1 aliphatic rings. The number of rotatable bonds is 12. The average molecular weight is 540 g/mol. The van der Waals surface area contributed by atoms with Gasteiger partial charge >= 0.3 is 5.97 Å². The molecule has 0 saturated carbocycles. The van der Waals surface area contributed by atoms with Crippen molar-refractivity contribution in [1.29, 1.82) is 0 Å². The van der Waals surface area contributed by atoms with Crippen LogP contribution in [-0.2, 0) is 16.8 Å². The van der Waals surface area contributed by atoms with Gasteiger partial charge in [-0.3, -0.25) is 0 Å². The van der Waals surface area contributed by atoms with Crippen LogP contribution in [0.1, 0.15) is 57.8 Å². The van der Waals surface area contributed by atoms with Crippen LogP contribution in [0.25, 0.3) is 10.9 Å². The number of hydrogen-bond donors (Lipinski definition) is 2. The highest BCUT2D eigenvalue weighted by atomic mass is 16.5. The van der Waals surface area contributed by atoms with E-state index in [1.54, 1.807) is 26.1 Å². The van der Waals surface area contributed by atoms with Gasteiger partial charge in [-0.1, -0.05) is 73.5 Å². The van der Waals surface area contributed by atoms with E-state index in [4.69, 9.17) is 14.5 Å². The Morgan fingerprint density at radius 2 is 1.98 bits per heavy atom. The van der Waals surface area contributed by atoms with Gasteiger partial charge < -0.3 is 24.1 Å². The highest BCUT2D eigenvalue weighted by molar-refractivity contribution is 5.87. The van der Waals surface area contributed by atoms with E-state index in [0.717, 1.165) is 49.0 Å². The number of imidazole rings is 1. The van der Waals surface area contributed by atoms with E-state index in [2.05, 4.69) is 59.0 Å². The van der Waals surface area contributed by atoms with Gasteiger partial charge in [0.1, 0.15) is 11.6 Å². The van der Waals surface area contributed by atoms with Gasteiger partial charge in [-0.25, -0.2) is 9.78 Å². The molecule has 1 aliphatic carbocycles. The van der Waals surface area contributed by atoms with Crippen molar-refractivity contribution in [3.8, 4) is 11.6 Å². The van der Waals surface area contributed by atoms with Gasteiger partial charge in [0.05, 0.1) is 23.7 Å². The molecule has 2 N–H and O–H groups in total. The third-order valence-corrected chi connectivity index (χ3v) is 7.53. The number of carbonyl (C=O) groups is 1. The number of aromatic nitrogens is 3. The van der Waals surface area contributed by atoms with E-state index in [1.807, 2.05) is 30.5 Å². The van der Waals surface area contributed by atoms with Crippen molar-refractivity contribution in [2.45, 2.75) is 64.0 Å². The van der Waals surface area contributed by atoms with E-state index < -0.39 is 11.6 Å². The number of carboxylic acids is 1. The highest BCUT2D eigenvalue weighted by Crippen LogP contribution is 2.40. The standard InChI is InChI=1S/C33H37N3O4/c1-4-10-24-15-18-33(19-16-24,25-11-6-5-7-12-25)30-34-23-29(35-30)39-22-9-20-36-21-17-26-27(36)13-8-14-28(26)40-32(2,3)31(37)38/h5-8,11-18,21,23H,4,9-10,19-20,22H2,1-3H3,(H,34,35)(H,37,38). The van der Waals surface area contributed by atoms with Gasteiger partial charge in [-0.05, 0) is 56.9 Å². The molecule has 2 aromatic heterocycles. The van der Waals surface area contributed by atoms with Gasteiger partial charge in [-0.15, -0.1) is 0 Å². The molecule has 208 valence electrons. The lowest BCUT2D eigenvalue weighted by molar-refractivity contribution is -0.152. The zero-order valence-electron chi connectivity index (χ0n) is 23.4. The van der Waals surface area contributed by atoms with Crippen LogP contribution in [0.15, 0.2) is 90.8 Å². The molecule has 0 bridgehead atoms. The summed E-state index contributed by atoms with van der Waals surface area (Å²) in [6.07, 6.45) is 14.5. The van der Waals surface area contributed by atoms with Crippen LogP contribution < -0.4 is 9.47 Å². The van der Waals surface area contributed by atoms with Crippen molar-refractivity contribution in [2.24, 2.45) is 0 Å². The molecule has 1 unspecified atom stereocenters. The summed E-state index contributed by atoms with van der Waals surface area (Å²) in [6.45, 7) is 6.58. The summed E-state index contributed by atoms with van der Waals surface area (Å²) in [6, 6.07) is 18.2. The normalized spacial score (nSPS) is 17.1. The minimum absolute atomic E-state index is 0.348. The van der Waals surface area contributed by atoms with Crippen LogP contribution in [-0.4, -0.2) is 37.8 Å². The second kappa shape index (κ2) is 11.5. The van der Waals surface area contributed by atoms with Crippen LogP contribution in [0.2, 0.25) is 0 Å². The predicted octanol–water partition coefficient (Wildman–Crippen LogP) is 7.05. The lowest BCUT2D eigenvalue weighted by atomic mass is 9.73. The number of benzene rings is 2. The molecule has 5 rings (SSSR count). The molecule has 40 heavy (non-hydrogen) atoms. The van der Waals surface area contributed by atoms with Crippen molar-refractivity contribution in [3.63, 3.8) is 0 Å².